The first-order valence-corrected chi connectivity index (χ1v) is 11.6. The largest absolute Gasteiger partial charge is 0.494 e. The number of carbonyl (C=O) groups excluding carboxylic acids is 1. The molecule has 6 nitrogen and oxygen atoms in total. The summed E-state index contributed by atoms with van der Waals surface area (Å²) in [4.78, 5) is 17.5. The molecule has 1 aliphatic rings. The average molecular weight is 429 g/mol. The van der Waals surface area contributed by atoms with Crippen molar-refractivity contribution in [2.24, 2.45) is 4.99 Å². The van der Waals surface area contributed by atoms with Gasteiger partial charge in [0.05, 0.1) is 12.1 Å². The monoisotopic (exact) mass is 428 g/mol. The van der Waals surface area contributed by atoms with E-state index < -0.39 is 26.7 Å². The second-order valence-electron chi connectivity index (χ2n) is 8.21. The van der Waals surface area contributed by atoms with Crippen LogP contribution < -0.4 is 4.74 Å². The Kier molecular flexibility index (Phi) is 6.61. The highest BCUT2D eigenvalue weighted by Gasteiger charge is 2.54. The van der Waals surface area contributed by atoms with Gasteiger partial charge in [-0.3, -0.25) is 9.79 Å². The summed E-state index contributed by atoms with van der Waals surface area (Å²) in [5, 5.41) is -1.06. The summed E-state index contributed by atoms with van der Waals surface area (Å²) in [5.74, 6) is 0.280. The van der Waals surface area contributed by atoms with Crippen molar-refractivity contribution < 1.29 is 17.9 Å². The Labute approximate surface area is 178 Å². The molecule has 0 bridgehead atoms. The van der Waals surface area contributed by atoms with Crippen LogP contribution in [0.1, 0.15) is 44.4 Å². The molecule has 0 aliphatic carbocycles. The summed E-state index contributed by atoms with van der Waals surface area (Å²) in [5.41, 5.74) is -0.201. The molecule has 1 unspecified atom stereocenters. The van der Waals surface area contributed by atoms with Gasteiger partial charge in [0.1, 0.15) is 11.5 Å². The normalized spacial score (nSPS) is 20.0. The molecule has 160 valence electrons. The van der Waals surface area contributed by atoms with Gasteiger partial charge in [0.25, 0.3) is 15.9 Å². The van der Waals surface area contributed by atoms with Crippen molar-refractivity contribution in [2.75, 3.05) is 13.2 Å². The molecule has 1 saturated heterocycles. The van der Waals surface area contributed by atoms with Crippen molar-refractivity contribution in [1.82, 2.24) is 4.31 Å². The van der Waals surface area contributed by atoms with E-state index in [1.54, 1.807) is 45.0 Å². The predicted molar refractivity (Wildman–Crippen MR) is 118 cm³/mol. The van der Waals surface area contributed by atoms with Crippen molar-refractivity contribution in [1.29, 1.82) is 0 Å². The standard InChI is InChI=1S/C23H28N2O4S/c1-23(2,3)25-22(26)20(21(30(25,27)28)18-12-6-4-7-13-18)24-16-10-11-17-29-19-14-8-5-9-15-19/h4-9,12-15,21H,10-11,16-17H2,1-3H3. The molecule has 1 atom stereocenters. The Balaban J connectivity index is 1.74. The van der Waals surface area contributed by atoms with Gasteiger partial charge in [0.2, 0.25) is 0 Å². The molecule has 0 spiro atoms. The van der Waals surface area contributed by atoms with Crippen LogP contribution >= 0.6 is 0 Å². The topological polar surface area (TPSA) is 76.0 Å². The number of hydrogen-bond donors (Lipinski definition) is 0. The second kappa shape index (κ2) is 9.00. The van der Waals surface area contributed by atoms with E-state index in [9.17, 15) is 13.2 Å². The molecule has 3 rings (SSSR count). The molecule has 0 aromatic heterocycles. The lowest BCUT2D eigenvalue weighted by atomic mass is 10.0. The molecule has 1 fully saturated rings. The Hall–Kier alpha value is -2.67. The van der Waals surface area contributed by atoms with Crippen molar-refractivity contribution in [3.8, 4) is 5.75 Å². The van der Waals surface area contributed by atoms with E-state index in [0.717, 1.165) is 16.5 Å². The smallest absolute Gasteiger partial charge is 0.283 e. The molecule has 0 N–H and O–H groups in total. The van der Waals surface area contributed by atoms with Crippen molar-refractivity contribution >= 4 is 21.6 Å². The number of amides is 1. The molecule has 2 aromatic carbocycles. The summed E-state index contributed by atoms with van der Waals surface area (Å²) >= 11 is 0. The number of carbonyl (C=O) groups is 1. The van der Waals surface area contributed by atoms with Crippen LogP contribution in [0.3, 0.4) is 0 Å². The summed E-state index contributed by atoms with van der Waals surface area (Å²) < 4.78 is 33.2. The number of ether oxygens (including phenoxy) is 1. The number of hydrogen-bond acceptors (Lipinski definition) is 5. The number of benzene rings is 2. The average Bonchev–Trinajstić information content (AvgIpc) is 2.90. The van der Waals surface area contributed by atoms with Gasteiger partial charge < -0.3 is 4.74 Å². The maximum atomic E-state index is 13.3. The summed E-state index contributed by atoms with van der Waals surface area (Å²) in [7, 11) is -3.89. The van der Waals surface area contributed by atoms with Gasteiger partial charge in [-0.25, -0.2) is 12.7 Å². The van der Waals surface area contributed by atoms with Gasteiger partial charge in [-0.05, 0) is 51.3 Å². The van der Waals surface area contributed by atoms with Gasteiger partial charge >= 0.3 is 0 Å². The molecule has 1 amide bonds. The van der Waals surface area contributed by atoms with E-state index in [4.69, 9.17) is 4.74 Å². The fourth-order valence-corrected chi connectivity index (χ4v) is 5.75. The Morgan fingerprint density at radius 1 is 0.967 bits per heavy atom. The van der Waals surface area contributed by atoms with Crippen LogP contribution in [0.4, 0.5) is 0 Å². The van der Waals surface area contributed by atoms with Gasteiger partial charge in [0.15, 0.2) is 5.25 Å². The van der Waals surface area contributed by atoms with Crippen molar-refractivity contribution in [3.05, 3.63) is 66.2 Å². The van der Waals surface area contributed by atoms with E-state index in [1.165, 1.54) is 0 Å². The Morgan fingerprint density at radius 3 is 2.17 bits per heavy atom. The first kappa shape index (κ1) is 22.0. The quantitative estimate of drug-likeness (QED) is 0.625. The fourth-order valence-electron chi connectivity index (χ4n) is 3.49. The van der Waals surface area contributed by atoms with Gasteiger partial charge in [-0.15, -0.1) is 0 Å². The molecule has 1 aliphatic heterocycles. The van der Waals surface area contributed by atoms with E-state index in [0.29, 0.717) is 25.1 Å². The third-order valence-electron chi connectivity index (χ3n) is 4.76. The predicted octanol–water partition coefficient (Wildman–Crippen LogP) is 4.00. The van der Waals surface area contributed by atoms with E-state index >= 15 is 0 Å². The molecule has 1 heterocycles. The minimum atomic E-state index is -3.89. The molecule has 0 radical (unpaired) electrons. The minimum Gasteiger partial charge on any atom is -0.494 e. The zero-order chi connectivity index (χ0) is 21.8. The lowest BCUT2D eigenvalue weighted by molar-refractivity contribution is -0.122. The van der Waals surface area contributed by atoms with Gasteiger partial charge in [-0.2, -0.15) is 0 Å². The van der Waals surface area contributed by atoms with Crippen LogP contribution in [0.25, 0.3) is 0 Å². The number of aliphatic imine (C=N–C) groups is 1. The van der Waals surface area contributed by atoms with Crippen LogP contribution in [0, 0.1) is 0 Å². The summed E-state index contributed by atoms with van der Waals surface area (Å²) in [6, 6.07) is 18.4. The zero-order valence-electron chi connectivity index (χ0n) is 17.6. The Morgan fingerprint density at radius 2 is 1.57 bits per heavy atom. The second-order valence-corrected chi connectivity index (χ2v) is 10.1. The van der Waals surface area contributed by atoms with Gasteiger partial charge in [0, 0.05) is 6.54 Å². The number of sulfonamides is 1. The Bertz CT molecular complexity index is 997. The van der Waals surface area contributed by atoms with Crippen LogP contribution in [0.5, 0.6) is 5.75 Å². The highest BCUT2D eigenvalue weighted by atomic mass is 32.2. The SMILES string of the molecule is CC(C)(C)N1C(=O)C(=NCCCCOc2ccccc2)C(c2ccccc2)S1(=O)=O. The van der Waals surface area contributed by atoms with Crippen LogP contribution in [0.2, 0.25) is 0 Å². The lowest BCUT2D eigenvalue weighted by Gasteiger charge is -2.30. The molecule has 7 heteroatoms. The fraction of sp³-hybridized carbons (Fsp3) is 0.391. The molecule has 0 saturated carbocycles. The van der Waals surface area contributed by atoms with Crippen LogP contribution in [-0.2, 0) is 14.8 Å². The minimum absolute atomic E-state index is 0.0973. The maximum absolute atomic E-state index is 13.3. The van der Waals surface area contributed by atoms with Crippen LogP contribution in [0.15, 0.2) is 65.7 Å². The molecule has 2 aromatic rings. The van der Waals surface area contributed by atoms with E-state index in [2.05, 4.69) is 4.99 Å². The van der Waals surface area contributed by atoms with Gasteiger partial charge in [-0.1, -0.05) is 48.5 Å². The maximum Gasteiger partial charge on any atom is 0.283 e. The van der Waals surface area contributed by atoms with E-state index in [1.807, 2.05) is 36.4 Å². The molecular formula is C23H28N2O4S. The summed E-state index contributed by atoms with van der Waals surface area (Å²) in [6.07, 6.45) is 1.45. The number of unbranched alkanes of at least 4 members (excludes halogenated alkanes) is 1. The lowest BCUT2D eigenvalue weighted by Crippen LogP contribution is -2.45. The number of nitrogens with zero attached hydrogens (tertiary/aromatic N) is 2. The number of para-hydroxylation sites is 1. The third kappa shape index (κ3) is 4.73. The first-order valence-electron chi connectivity index (χ1n) is 10.1. The summed E-state index contributed by atoms with van der Waals surface area (Å²) in [6.45, 7) is 6.06. The highest BCUT2D eigenvalue weighted by Crippen LogP contribution is 2.38. The third-order valence-corrected chi connectivity index (χ3v) is 7.08. The zero-order valence-corrected chi connectivity index (χ0v) is 18.4. The number of rotatable bonds is 7. The van der Waals surface area contributed by atoms with E-state index in [-0.39, 0.29) is 5.71 Å². The first-order chi connectivity index (χ1) is 14.2. The highest BCUT2D eigenvalue weighted by molar-refractivity contribution is 7.91. The van der Waals surface area contributed by atoms with Crippen molar-refractivity contribution in [2.45, 2.75) is 44.4 Å². The van der Waals surface area contributed by atoms with Crippen molar-refractivity contribution in [3.63, 3.8) is 0 Å². The molecular weight excluding hydrogens is 400 g/mol. The molecule has 30 heavy (non-hydrogen) atoms. The van der Waals surface area contributed by atoms with Crippen LogP contribution in [-0.4, -0.2) is 43.0 Å².